The van der Waals surface area contributed by atoms with Gasteiger partial charge in [-0.3, -0.25) is 4.79 Å². The van der Waals surface area contributed by atoms with E-state index in [1.165, 1.54) is 0 Å². The van der Waals surface area contributed by atoms with Crippen LogP contribution in [0.4, 0.5) is 13.2 Å². The van der Waals surface area contributed by atoms with Gasteiger partial charge in [-0.25, -0.2) is 13.2 Å². The number of rotatable bonds is 4. The van der Waals surface area contributed by atoms with E-state index in [0.717, 1.165) is 0 Å². The van der Waals surface area contributed by atoms with Crippen LogP contribution in [0.15, 0.2) is 12.1 Å². The number of amides is 1. The van der Waals surface area contributed by atoms with Crippen molar-refractivity contribution >= 4 is 18.3 Å². The maximum absolute atomic E-state index is 12.9. The third-order valence-corrected chi connectivity index (χ3v) is 2.26. The zero-order chi connectivity index (χ0) is 13.0. The van der Waals surface area contributed by atoms with Crippen molar-refractivity contribution in [2.45, 2.75) is 6.92 Å². The third-order valence-electron chi connectivity index (χ3n) is 2.26. The highest BCUT2D eigenvalue weighted by Crippen LogP contribution is 2.13. The highest BCUT2D eigenvalue weighted by molar-refractivity contribution is 5.94. The molecule has 0 aliphatic rings. The molecule has 0 radical (unpaired) electrons. The summed E-state index contributed by atoms with van der Waals surface area (Å²) in [4.78, 5) is 11.5. The lowest BCUT2D eigenvalue weighted by molar-refractivity contribution is 0.0947. The van der Waals surface area contributed by atoms with E-state index in [2.05, 4.69) is 5.32 Å². The molecule has 1 rings (SSSR count). The van der Waals surface area contributed by atoms with Crippen LogP contribution >= 0.6 is 12.4 Å². The lowest BCUT2D eigenvalue weighted by Crippen LogP contribution is -2.31. The van der Waals surface area contributed by atoms with E-state index in [9.17, 15) is 18.0 Å². The van der Waals surface area contributed by atoms with Crippen molar-refractivity contribution in [3.63, 3.8) is 0 Å². The van der Waals surface area contributed by atoms with Crippen molar-refractivity contribution in [2.24, 2.45) is 11.7 Å². The molecule has 0 saturated heterocycles. The maximum atomic E-state index is 12.9. The number of hydrogen-bond donors (Lipinski definition) is 2. The van der Waals surface area contributed by atoms with Crippen molar-refractivity contribution < 1.29 is 18.0 Å². The Kier molecular flexibility index (Phi) is 6.72. The van der Waals surface area contributed by atoms with Crippen molar-refractivity contribution in [2.75, 3.05) is 13.1 Å². The largest absolute Gasteiger partial charge is 0.352 e. The van der Waals surface area contributed by atoms with Crippen LogP contribution < -0.4 is 11.1 Å². The van der Waals surface area contributed by atoms with Crippen molar-refractivity contribution in [3.05, 3.63) is 35.1 Å². The van der Waals surface area contributed by atoms with Gasteiger partial charge in [0.1, 0.15) is 0 Å². The summed E-state index contributed by atoms with van der Waals surface area (Å²) >= 11 is 0. The average Bonchev–Trinajstić information content (AvgIpc) is 2.31. The molecule has 1 aromatic carbocycles. The highest BCUT2D eigenvalue weighted by atomic mass is 35.5. The first-order chi connectivity index (χ1) is 7.95. The van der Waals surface area contributed by atoms with Crippen LogP contribution in [-0.4, -0.2) is 19.0 Å². The summed E-state index contributed by atoms with van der Waals surface area (Å²) < 4.78 is 38.3. The molecule has 0 fully saturated rings. The SMILES string of the molecule is CC(CN)CNC(=O)c1cc(F)c(F)c(F)c1.Cl. The Hall–Kier alpha value is -1.27. The average molecular weight is 283 g/mol. The van der Waals surface area contributed by atoms with Crippen molar-refractivity contribution in [1.29, 1.82) is 0 Å². The second-order valence-electron chi connectivity index (χ2n) is 3.80. The van der Waals surface area contributed by atoms with Crippen LogP contribution in [0.25, 0.3) is 0 Å². The minimum atomic E-state index is -1.59. The van der Waals surface area contributed by atoms with Gasteiger partial charge in [-0.2, -0.15) is 0 Å². The fourth-order valence-corrected chi connectivity index (χ4v) is 1.14. The summed E-state index contributed by atoms with van der Waals surface area (Å²) in [6, 6.07) is 1.31. The van der Waals surface area contributed by atoms with Crippen molar-refractivity contribution in [3.8, 4) is 0 Å². The first kappa shape index (κ1) is 16.7. The molecule has 0 aromatic heterocycles. The minimum Gasteiger partial charge on any atom is -0.352 e. The van der Waals surface area contributed by atoms with Gasteiger partial charge in [0.05, 0.1) is 0 Å². The van der Waals surface area contributed by atoms with E-state index in [1.807, 2.05) is 6.92 Å². The summed E-state index contributed by atoms with van der Waals surface area (Å²) in [5.41, 5.74) is 5.09. The van der Waals surface area contributed by atoms with E-state index in [-0.39, 0.29) is 30.4 Å². The lowest BCUT2D eigenvalue weighted by atomic mass is 10.1. The predicted octanol–water partition coefficient (Wildman–Crippen LogP) is 1.85. The number of nitrogens with two attached hydrogens (primary N) is 1. The Bertz CT molecular complexity index is 406. The van der Waals surface area contributed by atoms with Crippen LogP contribution in [0.2, 0.25) is 0 Å². The molecule has 0 bridgehead atoms. The summed E-state index contributed by atoms with van der Waals surface area (Å²) in [6.45, 7) is 2.48. The van der Waals surface area contributed by atoms with Gasteiger partial charge in [0, 0.05) is 12.1 Å². The Morgan fingerprint density at radius 1 is 1.33 bits per heavy atom. The van der Waals surface area contributed by atoms with E-state index < -0.39 is 23.4 Å². The van der Waals surface area contributed by atoms with Crippen LogP contribution in [0.5, 0.6) is 0 Å². The van der Waals surface area contributed by atoms with Gasteiger partial charge in [0.2, 0.25) is 0 Å². The topological polar surface area (TPSA) is 55.1 Å². The zero-order valence-electron chi connectivity index (χ0n) is 9.67. The summed E-state index contributed by atoms with van der Waals surface area (Å²) in [6.07, 6.45) is 0. The molecule has 1 unspecified atom stereocenters. The molecular weight excluding hydrogens is 269 g/mol. The van der Waals surface area contributed by atoms with Gasteiger partial charge >= 0.3 is 0 Å². The molecule has 0 saturated carbocycles. The van der Waals surface area contributed by atoms with Gasteiger partial charge in [0.25, 0.3) is 5.91 Å². The Labute approximate surface area is 109 Å². The van der Waals surface area contributed by atoms with Gasteiger partial charge in [-0.15, -0.1) is 12.4 Å². The monoisotopic (exact) mass is 282 g/mol. The molecule has 3 N–H and O–H groups in total. The fraction of sp³-hybridized carbons (Fsp3) is 0.364. The molecule has 0 spiro atoms. The zero-order valence-corrected chi connectivity index (χ0v) is 10.5. The molecule has 1 atom stereocenters. The fourth-order valence-electron chi connectivity index (χ4n) is 1.14. The highest BCUT2D eigenvalue weighted by Gasteiger charge is 2.15. The molecule has 0 aliphatic carbocycles. The lowest BCUT2D eigenvalue weighted by Gasteiger charge is -2.10. The van der Waals surface area contributed by atoms with E-state index in [4.69, 9.17) is 5.73 Å². The molecule has 1 aromatic rings. The van der Waals surface area contributed by atoms with Gasteiger partial charge in [0.15, 0.2) is 17.5 Å². The number of carbonyl (C=O) groups is 1. The molecule has 3 nitrogen and oxygen atoms in total. The molecule has 0 heterocycles. The smallest absolute Gasteiger partial charge is 0.251 e. The third kappa shape index (κ3) is 4.19. The van der Waals surface area contributed by atoms with E-state index in [0.29, 0.717) is 18.7 Å². The van der Waals surface area contributed by atoms with Crippen LogP contribution in [-0.2, 0) is 0 Å². The number of carbonyl (C=O) groups excluding carboxylic acids is 1. The number of hydrogen-bond acceptors (Lipinski definition) is 2. The second-order valence-corrected chi connectivity index (χ2v) is 3.80. The maximum Gasteiger partial charge on any atom is 0.251 e. The van der Waals surface area contributed by atoms with Crippen LogP contribution in [0, 0.1) is 23.4 Å². The quantitative estimate of drug-likeness (QED) is 0.828. The molecule has 18 heavy (non-hydrogen) atoms. The van der Waals surface area contributed by atoms with E-state index >= 15 is 0 Å². The standard InChI is InChI=1S/C11H13F3N2O.ClH/c1-6(4-15)5-16-11(17)7-2-8(12)10(14)9(13)3-7;/h2-3,6H,4-5,15H2,1H3,(H,16,17);1H. The first-order valence-corrected chi connectivity index (χ1v) is 5.08. The number of benzene rings is 1. The van der Waals surface area contributed by atoms with Gasteiger partial charge in [-0.1, -0.05) is 6.92 Å². The molecular formula is C11H14ClF3N2O. The van der Waals surface area contributed by atoms with Crippen LogP contribution in [0.1, 0.15) is 17.3 Å². The number of nitrogens with one attached hydrogen (secondary N) is 1. The Balaban J connectivity index is 0.00000289. The Morgan fingerprint density at radius 2 is 1.83 bits per heavy atom. The van der Waals surface area contributed by atoms with Gasteiger partial charge < -0.3 is 11.1 Å². The summed E-state index contributed by atoms with van der Waals surface area (Å²) in [5.74, 6) is -4.97. The molecule has 102 valence electrons. The Morgan fingerprint density at radius 3 is 2.28 bits per heavy atom. The van der Waals surface area contributed by atoms with E-state index in [1.54, 1.807) is 0 Å². The molecule has 1 amide bonds. The molecule has 0 aliphatic heterocycles. The minimum absolute atomic E-state index is 0. The summed E-state index contributed by atoms with van der Waals surface area (Å²) in [7, 11) is 0. The normalized spacial score (nSPS) is 11.6. The predicted molar refractivity (Wildman–Crippen MR) is 64.1 cm³/mol. The first-order valence-electron chi connectivity index (χ1n) is 5.08. The summed E-state index contributed by atoms with van der Waals surface area (Å²) in [5, 5.41) is 2.45. The van der Waals surface area contributed by atoms with Gasteiger partial charge in [-0.05, 0) is 24.6 Å². The molecule has 7 heteroatoms. The van der Waals surface area contributed by atoms with Crippen LogP contribution in [0.3, 0.4) is 0 Å². The number of halogens is 4. The van der Waals surface area contributed by atoms with Crippen molar-refractivity contribution in [1.82, 2.24) is 5.32 Å². The second kappa shape index (κ2) is 7.23.